The van der Waals surface area contributed by atoms with Crippen LogP contribution in [0.2, 0.25) is 0 Å². The molecule has 0 spiro atoms. The number of nitrogens with zero attached hydrogens (tertiary/aromatic N) is 3. The quantitative estimate of drug-likeness (QED) is 0.638. The summed E-state index contributed by atoms with van der Waals surface area (Å²) in [6.07, 6.45) is 9.43. The van der Waals surface area contributed by atoms with Crippen LogP contribution in [0.3, 0.4) is 0 Å². The fourth-order valence-electron chi connectivity index (χ4n) is 4.60. The Morgan fingerprint density at radius 3 is 2.64 bits per heavy atom. The molecule has 2 aromatic rings. The largest absolute Gasteiger partial charge is 0.495 e. The van der Waals surface area contributed by atoms with Crippen molar-refractivity contribution in [2.45, 2.75) is 57.4 Å². The molecule has 5 heteroatoms. The standard InChI is InChI=1S/C23H33N3OS/c1-27-22-12-7-6-11-21(22)26-14-8-13-25(15-16-26)17-20-18-28-23(24-20)19-9-4-2-3-5-10-19/h6-7,11-12,18-19H,2-5,8-10,13-17H2,1H3. The summed E-state index contributed by atoms with van der Waals surface area (Å²) in [6, 6.07) is 8.38. The van der Waals surface area contributed by atoms with Crippen molar-refractivity contribution in [3.8, 4) is 5.75 Å². The van der Waals surface area contributed by atoms with E-state index in [4.69, 9.17) is 9.72 Å². The zero-order valence-corrected chi connectivity index (χ0v) is 17.9. The zero-order chi connectivity index (χ0) is 19.2. The number of methoxy groups -OCH3 is 1. The fraction of sp³-hybridized carbons (Fsp3) is 0.609. The Kier molecular flexibility index (Phi) is 6.86. The van der Waals surface area contributed by atoms with E-state index in [1.54, 1.807) is 7.11 Å². The summed E-state index contributed by atoms with van der Waals surface area (Å²) in [6.45, 7) is 5.33. The van der Waals surface area contributed by atoms with Gasteiger partial charge in [0.1, 0.15) is 5.75 Å². The third-order valence-corrected chi connectivity index (χ3v) is 7.23. The van der Waals surface area contributed by atoms with Gasteiger partial charge < -0.3 is 9.64 Å². The van der Waals surface area contributed by atoms with Crippen molar-refractivity contribution >= 4 is 17.0 Å². The number of rotatable bonds is 5. The van der Waals surface area contributed by atoms with Crippen LogP contribution < -0.4 is 9.64 Å². The molecule has 1 aromatic heterocycles. The number of thiazole rings is 1. The van der Waals surface area contributed by atoms with E-state index in [0.29, 0.717) is 5.92 Å². The Labute approximate surface area is 173 Å². The van der Waals surface area contributed by atoms with E-state index in [0.717, 1.165) is 38.5 Å². The predicted octanol–water partition coefficient (Wildman–Crippen LogP) is 5.30. The molecule has 1 aliphatic heterocycles. The zero-order valence-electron chi connectivity index (χ0n) is 17.1. The first-order valence-electron chi connectivity index (χ1n) is 10.9. The first-order chi connectivity index (χ1) is 13.8. The summed E-state index contributed by atoms with van der Waals surface area (Å²) < 4.78 is 5.57. The summed E-state index contributed by atoms with van der Waals surface area (Å²) in [4.78, 5) is 10.1. The Hall–Kier alpha value is -1.59. The number of benzene rings is 1. The maximum atomic E-state index is 5.57. The van der Waals surface area contributed by atoms with Gasteiger partial charge in [0.15, 0.2) is 0 Å². The smallest absolute Gasteiger partial charge is 0.142 e. The molecule has 0 amide bonds. The van der Waals surface area contributed by atoms with Crippen LogP contribution in [0.5, 0.6) is 5.75 Å². The number of aromatic nitrogens is 1. The van der Waals surface area contributed by atoms with E-state index in [1.807, 2.05) is 17.4 Å². The van der Waals surface area contributed by atoms with E-state index in [2.05, 4.69) is 33.4 Å². The highest BCUT2D eigenvalue weighted by atomic mass is 32.1. The van der Waals surface area contributed by atoms with Crippen molar-refractivity contribution < 1.29 is 4.74 Å². The van der Waals surface area contributed by atoms with Crippen LogP contribution in [0.1, 0.15) is 61.6 Å². The number of hydrogen-bond donors (Lipinski definition) is 0. The van der Waals surface area contributed by atoms with Crippen molar-refractivity contribution in [2.24, 2.45) is 0 Å². The first-order valence-corrected chi connectivity index (χ1v) is 11.8. The summed E-state index contributed by atoms with van der Waals surface area (Å²) in [5, 5.41) is 3.70. The number of anilines is 1. The van der Waals surface area contributed by atoms with E-state index >= 15 is 0 Å². The minimum atomic E-state index is 0.714. The summed E-state index contributed by atoms with van der Waals surface area (Å²) in [5.74, 6) is 1.69. The SMILES string of the molecule is COc1ccccc1N1CCCN(Cc2csc(C3CCCCCC3)n2)CC1. The van der Waals surface area contributed by atoms with Crippen molar-refractivity contribution in [2.75, 3.05) is 38.2 Å². The molecule has 0 unspecified atom stereocenters. The maximum Gasteiger partial charge on any atom is 0.142 e. The lowest BCUT2D eigenvalue weighted by atomic mass is 10.0. The molecular weight excluding hydrogens is 366 g/mol. The summed E-state index contributed by atoms with van der Waals surface area (Å²) in [5.41, 5.74) is 2.49. The predicted molar refractivity (Wildman–Crippen MR) is 118 cm³/mol. The van der Waals surface area contributed by atoms with Crippen LogP contribution in [0.15, 0.2) is 29.6 Å². The van der Waals surface area contributed by atoms with E-state index in [9.17, 15) is 0 Å². The van der Waals surface area contributed by atoms with Crippen molar-refractivity contribution in [1.82, 2.24) is 9.88 Å². The molecule has 2 aliphatic rings. The van der Waals surface area contributed by atoms with Gasteiger partial charge in [0.05, 0.1) is 23.5 Å². The highest BCUT2D eigenvalue weighted by molar-refractivity contribution is 7.09. The average Bonchev–Trinajstić information content (AvgIpc) is 2.91. The lowest BCUT2D eigenvalue weighted by Crippen LogP contribution is -2.30. The van der Waals surface area contributed by atoms with Crippen LogP contribution in [0.4, 0.5) is 5.69 Å². The molecule has 2 heterocycles. The van der Waals surface area contributed by atoms with Gasteiger partial charge in [0.25, 0.3) is 0 Å². The molecule has 1 aromatic carbocycles. The third-order valence-electron chi connectivity index (χ3n) is 6.17. The van der Waals surface area contributed by atoms with Crippen LogP contribution in [0, 0.1) is 0 Å². The summed E-state index contributed by atoms with van der Waals surface area (Å²) >= 11 is 1.90. The Bertz CT molecular complexity index is 739. The molecule has 4 nitrogen and oxygen atoms in total. The van der Waals surface area contributed by atoms with Gasteiger partial charge in [-0.2, -0.15) is 0 Å². The first kappa shape index (κ1) is 19.7. The van der Waals surface area contributed by atoms with E-state index in [-0.39, 0.29) is 0 Å². The molecule has 4 rings (SSSR count). The van der Waals surface area contributed by atoms with Crippen LogP contribution >= 0.6 is 11.3 Å². The average molecular weight is 400 g/mol. The molecule has 0 atom stereocenters. The Morgan fingerprint density at radius 2 is 1.82 bits per heavy atom. The highest BCUT2D eigenvalue weighted by Gasteiger charge is 2.20. The highest BCUT2D eigenvalue weighted by Crippen LogP contribution is 2.33. The summed E-state index contributed by atoms with van der Waals surface area (Å²) in [7, 11) is 1.76. The van der Waals surface area contributed by atoms with Crippen molar-refractivity contribution in [3.05, 3.63) is 40.3 Å². The van der Waals surface area contributed by atoms with Gasteiger partial charge in [-0.3, -0.25) is 4.90 Å². The van der Waals surface area contributed by atoms with Crippen LogP contribution in [-0.4, -0.2) is 43.2 Å². The third kappa shape index (κ3) is 4.87. The normalized spacial score (nSPS) is 20.0. The molecule has 28 heavy (non-hydrogen) atoms. The lowest BCUT2D eigenvalue weighted by molar-refractivity contribution is 0.282. The van der Waals surface area contributed by atoms with Gasteiger partial charge in [-0.1, -0.05) is 37.8 Å². The topological polar surface area (TPSA) is 28.6 Å². The van der Waals surface area contributed by atoms with Gasteiger partial charge in [0, 0.05) is 44.0 Å². The molecule has 1 saturated carbocycles. The number of para-hydroxylation sites is 2. The van der Waals surface area contributed by atoms with Gasteiger partial charge >= 0.3 is 0 Å². The van der Waals surface area contributed by atoms with Crippen LogP contribution in [0.25, 0.3) is 0 Å². The molecule has 1 saturated heterocycles. The molecule has 0 N–H and O–H groups in total. The molecule has 2 fully saturated rings. The van der Waals surface area contributed by atoms with Gasteiger partial charge in [-0.25, -0.2) is 4.98 Å². The minimum Gasteiger partial charge on any atom is -0.495 e. The molecule has 0 bridgehead atoms. The fourth-order valence-corrected chi connectivity index (χ4v) is 5.58. The Morgan fingerprint density at radius 1 is 1.00 bits per heavy atom. The number of ether oxygens (including phenoxy) is 1. The van der Waals surface area contributed by atoms with Gasteiger partial charge in [-0.15, -0.1) is 11.3 Å². The van der Waals surface area contributed by atoms with Gasteiger partial charge in [0.2, 0.25) is 0 Å². The second-order valence-corrected chi connectivity index (χ2v) is 9.04. The minimum absolute atomic E-state index is 0.714. The van der Waals surface area contributed by atoms with E-state index in [1.165, 1.54) is 61.3 Å². The van der Waals surface area contributed by atoms with E-state index < -0.39 is 0 Å². The Balaban J connectivity index is 1.35. The lowest BCUT2D eigenvalue weighted by Gasteiger charge is -2.25. The molecule has 1 aliphatic carbocycles. The second kappa shape index (κ2) is 9.75. The molecular formula is C23H33N3OS. The second-order valence-electron chi connectivity index (χ2n) is 8.15. The monoisotopic (exact) mass is 399 g/mol. The van der Waals surface area contributed by atoms with Crippen LogP contribution in [-0.2, 0) is 6.54 Å². The number of hydrogen-bond acceptors (Lipinski definition) is 5. The van der Waals surface area contributed by atoms with Crippen molar-refractivity contribution in [3.63, 3.8) is 0 Å². The molecule has 0 radical (unpaired) electrons. The maximum absolute atomic E-state index is 5.57. The molecule has 152 valence electrons. The van der Waals surface area contributed by atoms with Gasteiger partial charge in [-0.05, 0) is 31.4 Å². The van der Waals surface area contributed by atoms with Crippen molar-refractivity contribution in [1.29, 1.82) is 0 Å².